The second kappa shape index (κ2) is 14.8. The third-order valence-electron chi connectivity index (χ3n) is 10.6. The molecule has 0 saturated carbocycles. The second-order valence-corrected chi connectivity index (χ2v) is 19.2. The number of hydrogen-bond donors (Lipinski definition) is 0. The van der Waals surface area contributed by atoms with Crippen LogP contribution in [0, 0.1) is 5.92 Å². The van der Waals surface area contributed by atoms with Crippen LogP contribution in [0.2, 0.25) is 18.1 Å². The van der Waals surface area contributed by atoms with Crippen molar-refractivity contribution in [2.24, 2.45) is 5.92 Å². The van der Waals surface area contributed by atoms with Crippen molar-refractivity contribution in [2.45, 2.75) is 76.7 Å². The van der Waals surface area contributed by atoms with Crippen LogP contribution in [-0.2, 0) is 19.5 Å². The number of rotatable bonds is 10. The van der Waals surface area contributed by atoms with Gasteiger partial charge in [-0.25, -0.2) is 0 Å². The van der Waals surface area contributed by atoms with Crippen molar-refractivity contribution in [3.05, 3.63) is 119 Å². The summed E-state index contributed by atoms with van der Waals surface area (Å²) in [5.41, 5.74) is 4.74. The zero-order valence-corrected chi connectivity index (χ0v) is 29.9. The van der Waals surface area contributed by atoms with E-state index in [1.54, 1.807) is 0 Å². The van der Waals surface area contributed by atoms with Crippen LogP contribution in [0.1, 0.15) is 63.6 Å². The first-order valence-corrected chi connectivity index (χ1v) is 20.1. The SMILES string of the molecule is CCOC(=O)C1CCN(C/C=C2/CN(C(c3ccccc3)(c3ccccc3)c3ccccc3)CCC2O[Si](C)(C)C(C)(C)C)CC1. The zero-order valence-electron chi connectivity index (χ0n) is 28.9. The van der Waals surface area contributed by atoms with Crippen molar-refractivity contribution in [3.8, 4) is 0 Å². The molecule has 0 aromatic heterocycles. The van der Waals surface area contributed by atoms with E-state index in [9.17, 15) is 4.79 Å². The molecule has 6 heteroatoms. The highest BCUT2D eigenvalue weighted by molar-refractivity contribution is 6.74. The number of nitrogens with zero attached hydrogens (tertiary/aromatic N) is 2. The van der Waals surface area contributed by atoms with E-state index in [4.69, 9.17) is 9.16 Å². The van der Waals surface area contributed by atoms with Crippen LogP contribution >= 0.6 is 0 Å². The molecule has 5 rings (SSSR count). The minimum atomic E-state index is -2.02. The number of likely N-dealkylation sites (tertiary alicyclic amines) is 2. The smallest absolute Gasteiger partial charge is 0.309 e. The molecular formula is C40H54N2O3Si. The van der Waals surface area contributed by atoms with Gasteiger partial charge in [0.15, 0.2) is 8.32 Å². The minimum Gasteiger partial charge on any atom is -0.466 e. The Balaban J connectivity index is 1.52. The van der Waals surface area contributed by atoms with Gasteiger partial charge >= 0.3 is 5.97 Å². The Hall–Kier alpha value is -3.03. The summed E-state index contributed by atoms with van der Waals surface area (Å²) < 4.78 is 12.5. The molecule has 0 bridgehead atoms. The van der Waals surface area contributed by atoms with Gasteiger partial charge in [-0.15, -0.1) is 0 Å². The number of benzene rings is 3. The molecule has 0 spiro atoms. The highest BCUT2D eigenvalue weighted by atomic mass is 28.4. The minimum absolute atomic E-state index is 0.0203. The molecule has 2 saturated heterocycles. The fraction of sp³-hybridized carbons (Fsp3) is 0.475. The number of carbonyl (C=O) groups excluding carboxylic acids is 1. The molecule has 0 aliphatic carbocycles. The number of carbonyl (C=O) groups is 1. The van der Waals surface area contributed by atoms with Gasteiger partial charge in [0.25, 0.3) is 0 Å². The third kappa shape index (κ3) is 7.41. The monoisotopic (exact) mass is 638 g/mol. The maximum Gasteiger partial charge on any atom is 0.309 e. The summed E-state index contributed by atoms with van der Waals surface area (Å²) in [6, 6.07) is 33.1. The summed E-state index contributed by atoms with van der Waals surface area (Å²) in [5.74, 6) is -0.0164. The topological polar surface area (TPSA) is 42.0 Å². The molecule has 2 aliphatic heterocycles. The van der Waals surface area contributed by atoms with Crippen LogP contribution in [0.15, 0.2) is 103 Å². The molecule has 246 valence electrons. The van der Waals surface area contributed by atoms with Crippen molar-refractivity contribution in [3.63, 3.8) is 0 Å². The van der Waals surface area contributed by atoms with Gasteiger partial charge < -0.3 is 9.16 Å². The average Bonchev–Trinajstić information content (AvgIpc) is 3.06. The van der Waals surface area contributed by atoms with Crippen LogP contribution < -0.4 is 0 Å². The summed E-state index contributed by atoms with van der Waals surface area (Å²) in [6.07, 6.45) is 5.21. The van der Waals surface area contributed by atoms with Gasteiger partial charge in [0.2, 0.25) is 0 Å². The van der Waals surface area contributed by atoms with Gasteiger partial charge in [0.05, 0.1) is 24.2 Å². The third-order valence-corrected chi connectivity index (χ3v) is 15.0. The van der Waals surface area contributed by atoms with E-state index in [-0.39, 0.29) is 23.0 Å². The highest BCUT2D eigenvalue weighted by Gasteiger charge is 2.46. The fourth-order valence-corrected chi connectivity index (χ4v) is 8.29. The van der Waals surface area contributed by atoms with Crippen LogP contribution in [0.4, 0.5) is 0 Å². The fourth-order valence-electron chi connectivity index (χ4n) is 6.95. The van der Waals surface area contributed by atoms with Crippen LogP contribution in [0.25, 0.3) is 0 Å². The normalized spacial score (nSPS) is 20.1. The van der Waals surface area contributed by atoms with Gasteiger partial charge in [0, 0.05) is 19.6 Å². The van der Waals surface area contributed by atoms with E-state index in [0.29, 0.717) is 6.61 Å². The van der Waals surface area contributed by atoms with E-state index in [1.165, 1.54) is 22.3 Å². The standard InChI is InChI=1S/C40H54N2O3Si/c1-7-44-38(43)32-23-27-41(28-24-32)29-25-33-31-42(30-26-37(33)45-46(5,6)39(2,3)4)40(34-17-11-8-12-18-34,35-19-13-9-14-20-35)36-21-15-10-16-22-36/h8-22,25,32,37H,7,23-24,26-31H2,1-6H3/b33-25-. The van der Waals surface area contributed by atoms with Gasteiger partial charge in [-0.1, -0.05) is 118 Å². The average molecular weight is 639 g/mol. The molecule has 0 radical (unpaired) electrons. The Labute approximate surface area is 278 Å². The number of esters is 1. The summed E-state index contributed by atoms with van der Waals surface area (Å²) in [6.45, 7) is 18.5. The Morgan fingerprint density at radius 2 is 1.30 bits per heavy atom. The van der Waals surface area contributed by atoms with Crippen molar-refractivity contribution in [2.75, 3.05) is 39.3 Å². The maximum absolute atomic E-state index is 12.4. The Morgan fingerprint density at radius 3 is 1.76 bits per heavy atom. The van der Waals surface area contributed by atoms with Crippen LogP contribution in [0.5, 0.6) is 0 Å². The molecule has 3 aromatic rings. The molecule has 3 aromatic carbocycles. The van der Waals surface area contributed by atoms with Crippen molar-refractivity contribution in [1.82, 2.24) is 9.80 Å². The molecular weight excluding hydrogens is 585 g/mol. The molecule has 0 amide bonds. The first-order valence-electron chi connectivity index (χ1n) is 17.2. The number of hydrogen-bond acceptors (Lipinski definition) is 5. The quantitative estimate of drug-likeness (QED) is 0.0968. The van der Waals surface area contributed by atoms with E-state index in [0.717, 1.165) is 52.0 Å². The molecule has 0 N–H and O–H groups in total. The molecule has 2 fully saturated rings. The van der Waals surface area contributed by atoms with Crippen LogP contribution in [-0.4, -0.2) is 69.5 Å². The predicted octanol–water partition coefficient (Wildman–Crippen LogP) is 8.28. The molecule has 2 heterocycles. The van der Waals surface area contributed by atoms with Gasteiger partial charge in [-0.05, 0) is 79.7 Å². The van der Waals surface area contributed by atoms with E-state index in [1.807, 2.05) is 6.92 Å². The van der Waals surface area contributed by atoms with Crippen molar-refractivity contribution >= 4 is 14.3 Å². The summed E-state index contributed by atoms with van der Waals surface area (Å²) in [4.78, 5) is 17.6. The van der Waals surface area contributed by atoms with E-state index >= 15 is 0 Å². The highest BCUT2D eigenvalue weighted by Crippen LogP contribution is 2.46. The Morgan fingerprint density at radius 1 is 0.804 bits per heavy atom. The molecule has 46 heavy (non-hydrogen) atoms. The maximum atomic E-state index is 12.4. The van der Waals surface area contributed by atoms with E-state index in [2.05, 4.69) is 141 Å². The molecule has 2 aliphatic rings. The summed E-state index contributed by atoms with van der Waals surface area (Å²) in [7, 11) is -2.02. The number of piperidine rings is 2. The van der Waals surface area contributed by atoms with Gasteiger partial charge in [-0.2, -0.15) is 0 Å². The van der Waals surface area contributed by atoms with E-state index < -0.39 is 13.9 Å². The lowest BCUT2D eigenvalue weighted by Gasteiger charge is -2.50. The van der Waals surface area contributed by atoms with Gasteiger partial charge in [-0.3, -0.25) is 14.6 Å². The Kier molecular flexibility index (Phi) is 11.0. The van der Waals surface area contributed by atoms with Crippen molar-refractivity contribution in [1.29, 1.82) is 0 Å². The molecule has 5 nitrogen and oxygen atoms in total. The zero-order chi connectivity index (χ0) is 32.8. The largest absolute Gasteiger partial charge is 0.466 e. The van der Waals surface area contributed by atoms with Crippen molar-refractivity contribution < 1.29 is 14.0 Å². The first kappa shape index (κ1) is 34.3. The lowest BCUT2D eigenvalue weighted by Crippen LogP contribution is -2.55. The predicted molar refractivity (Wildman–Crippen MR) is 191 cm³/mol. The summed E-state index contributed by atoms with van der Waals surface area (Å²) >= 11 is 0. The lowest BCUT2D eigenvalue weighted by atomic mass is 9.74. The van der Waals surface area contributed by atoms with Crippen LogP contribution in [0.3, 0.4) is 0 Å². The summed E-state index contributed by atoms with van der Waals surface area (Å²) in [5, 5.41) is 0.131. The first-order chi connectivity index (χ1) is 22.1. The second-order valence-electron chi connectivity index (χ2n) is 14.5. The molecule has 1 atom stereocenters. The van der Waals surface area contributed by atoms with Gasteiger partial charge in [0.1, 0.15) is 0 Å². The molecule has 1 unspecified atom stereocenters. The number of ether oxygens (including phenoxy) is 1. The lowest BCUT2D eigenvalue weighted by molar-refractivity contribution is -0.149. The Bertz CT molecular complexity index is 1330.